The maximum Gasteiger partial charge on any atom is 0.158 e. The normalized spacial score (nSPS) is 22.5. The number of rotatable bonds is 2. The van der Waals surface area contributed by atoms with Crippen LogP contribution >= 0.6 is 0 Å². The van der Waals surface area contributed by atoms with Crippen molar-refractivity contribution in [2.45, 2.75) is 44.1 Å². The number of hydrogen-bond donors (Lipinski definition) is 0. The zero-order valence-electron chi connectivity index (χ0n) is 11.3. The van der Waals surface area contributed by atoms with Crippen molar-refractivity contribution in [2.75, 3.05) is 6.54 Å². The van der Waals surface area contributed by atoms with E-state index in [4.69, 9.17) is 0 Å². The third-order valence-corrected chi connectivity index (χ3v) is 4.58. The Hall–Kier alpha value is -1.57. The molecule has 1 aliphatic heterocycles. The first-order valence-electron chi connectivity index (χ1n) is 7.35. The molecule has 3 rings (SSSR count). The Labute approximate surface area is 115 Å². The smallest absolute Gasteiger partial charge is 0.158 e. The summed E-state index contributed by atoms with van der Waals surface area (Å²) < 4.78 is 0. The van der Waals surface area contributed by atoms with E-state index in [0.717, 1.165) is 6.54 Å². The third-order valence-electron chi connectivity index (χ3n) is 4.58. The van der Waals surface area contributed by atoms with Crippen LogP contribution in [0.15, 0.2) is 42.6 Å². The molecule has 2 nitrogen and oxygen atoms in total. The van der Waals surface area contributed by atoms with Gasteiger partial charge in [-0.1, -0.05) is 49.6 Å². The Kier molecular flexibility index (Phi) is 3.41. The van der Waals surface area contributed by atoms with Crippen LogP contribution in [0.5, 0.6) is 0 Å². The average Bonchev–Trinajstić information content (AvgIpc) is 2.49. The molecule has 0 N–H and O–H groups in total. The lowest BCUT2D eigenvalue weighted by atomic mass is 9.75. The van der Waals surface area contributed by atoms with Crippen LogP contribution in [0.3, 0.4) is 0 Å². The fourth-order valence-corrected chi connectivity index (χ4v) is 3.55. The molecule has 100 valence electrons. The van der Waals surface area contributed by atoms with Crippen molar-refractivity contribution >= 4 is 5.78 Å². The van der Waals surface area contributed by atoms with E-state index in [-0.39, 0.29) is 11.3 Å². The van der Waals surface area contributed by atoms with Crippen LogP contribution in [0, 0.1) is 0 Å². The van der Waals surface area contributed by atoms with Gasteiger partial charge < -0.3 is 4.90 Å². The summed E-state index contributed by atoms with van der Waals surface area (Å²) in [6.45, 7) is 0.865. The second-order valence-corrected chi connectivity index (χ2v) is 5.68. The van der Waals surface area contributed by atoms with Crippen molar-refractivity contribution in [3.8, 4) is 0 Å². The minimum absolute atomic E-state index is 0.122. The van der Waals surface area contributed by atoms with Crippen LogP contribution < -0.4 is 0 Å². The number of benzene rings is 1. The van der Waals surface area contributed by atoms with E-state index in [1.54, 1.807) is 6.08 Å². The molecule has 19 heavy (non-hydrogen) atoms. The molecule has 0 unspecified atom stereocenters. The molecule has 0 radical (unpaired) electrons. The van der Waals surface area contributed by atoms with Gasteiger partial charge in [0.15, 0.2) is 5.78 Å². The SMILES string of the molecule is O=C1C=CN(C2(c3ccccc3)CCCCC2)CC1. The quantitative estimate of drug-likeness (QED) is 0.804. The van der Waals surface area contributed by atoms with Gasteiger partial charge in [-0.05, 0) is 24.5 Å². The lowest BCUT2D eigenvalue weighted by molar-refractivity contribution is -0.116. The van der Waals surface area contributed by atoms with E-state index in [9.17, 15) is 4.79 Å². The van der Waals surface area contributed by atoms with Gasteiger partial charge in [-0.2, -0.15) is 0 Å². The molecule has 1 saturated carbocycles. The molecule has 0 aromatic heterocycles. The Morgan fingerprint density at radius 2 is 1.74 bits per heavy atom. The second-order valence-electron chi connectivity index (χ2n) is 5.68. The van der Waals surface area contributed by atoms with Crippen LogP contribution in [0.4, 0.5) is 0 Å². The Bertz CT molecular complexity index is 471. The molecule has 1 fully saturated rings. The second kappa shape index (κ2) is 5.20. The molecule has 2 heteroatoms. The molecule has 1 aromatic rings. The highest BCUT2D eigenvalue weighted by Gasteiger charge is 2.38. The van der Waals surface area contributed by atoms with Gasteiger partial charge in [0.2, 0.25) is 0 Å². The summed E-state index contributed by atoms with van der Waals surface area (Å²) in [7, 11) is 0. The molecular formula is C17H21NO. The van der Waals surface area contributed by atoms with E-state index in [1.807, 2.05) is 6.20 Å². The van der Waals surface area contributed by atoms with Crippen molar-refractivity contribution in [1.82, 2.24) is 4.90 Å². The Morgan fingerprint density at radius 1 is 1.00 bits per heavy atom. The standard InChI is InChI=1S/C17H21NO/c19-16-9-13-18(14-10-16)17(11-5-2-6-12-17)15-7-3-1-4-8-15/h1,3-4,7-9,13H,2,5-6,10-12,14H2. The highest BCUT2D eigenvalue weighted by molar-refractivity contribution is 5.90. The van der Waals surface area contributed by atoms with Crippen molar-refractivity contribution in [1.29, 1.82) is 0 Å². The van der Waals surface area contributed by atoms with Crippen molar-refractivity contribution in [2.24, 2.45) is 0 Å². The molecule has 2 aliphatic rings. The monoisotopic (exact) mass is 255 g/mol. The zero-order chi connectivity index (χ0) is 13.1. The number of hydrogen-bond acceptors (Lipinski definition) is 2. The van der Waals surface area contributed by atoms with Crippen molar-refractivity contribution in [3.63, 3.8) is 0 Å². The van der Waals surface area contributed by atoms with E-state index >= 15 is 0 Å². The summed E-state index contributed by atoms with van der Waals surface area (Å²) in [5, 5.41) is 0. The van der Waals surface area contributed by atoms with Gasteiger partial charge in [-0.25, -0.2) is 0 Å². The van der Waals surface area contributed by atoms with Gasteiger partial charge in [0.05, 0.1) is 5.54 Å². The molecule has 0 amide bonds. The lowest BCUT2D eigenvalue weighted by Crippen LogP contribution is -2.46. The number of ketones is 1. The molecule has 0 saturated heterocycles. The molecule has 0 atom stereocenters. The third kappa shape index (κ3) is 2.32. The minimum Gasteiger partial charge on any atom is -0.367 e. The summed E-state index contributed by atoms with van der Waals surface area (Å²) in [5.74, 6) is 0.260. The summed E-state index contributed by atoms with van der Waals surface area (Å²) in [4.78, 5) is 13.8. The molecule has 1 heterocycles. The van der Waals surface area contributed by atoms with E-state index in [0.29, 0.717) is 6.42 Å². The fraction of sp³-hybridized carbons (Fsp3) is 0.471. The summed E-state index contributed by atoms with van der Waals surface area (Å²) in [6.07, 6.45) is 10.8. The van der Waals surface area contributed by atoms with Gasteiger partial charge >= 0.3 is 0 Å². The Morgan fingerprint density at radius 3 is 2.37 bits per heavy atom. The maximum atomic E-state index is 11.4. The fourth-order valence-electron chi connectivity index (χ4n) is 3.55. The Balaban J connectivity index is 1.97. The summed E-state index contributed by atoms with van der Waals surface area (Å²) >= 11 is 0. The van der Waals surface area contributed by atoms with E-state index < -0.39 is 0 Å². The van der Waals surface area contributed by atoms with Crippen molar-refractivity contribution in [3.05, 3.63) is 48.2 Å². The highest BCUT2D eigenvalue weighted by Crippen LogP contribution is 2.43. The molecule has 0 spiro atoms. The predicted molar refractivity (Wildman–Crippen MR) is 76.7 cm³/mol. The average molecular weight is 255 g/mol. The first-order valence-corrected chi connectivity index (χ1v) is 7.35. The number of nitrogens with zero attached hydrogens (tertiary/aromatic N) is 1. The molecule has 1 aromatic carbocycles. The number of carbonyl (C=O) groups is 1. The van der Waals surface area contributed by atoms with E-state index in [2.05, 4.69) is 35.2 Å². The van der Waals surface area contributed by atoms with Gasteiger partial charge in [-0.15, -0.1) is 0 Å². The minimum atomic E-state index is 0.122. The van der Waals surface area contributed by atoms with Gasteiger partial charge in [0.1, 0.15) is 0 Å². The van der Waals surface area contributed by atoms with Crippen LogP contribution in [-0.2, 0) is 10.3 Å². The lowest BCUT2D eigenvalue weighted by Gasteiger charge is -2.47. The molecule has 0 bridgehead atoms. The first-order chi connectivity index (χ1) is 9.31. The predicted octanol–water partition coefficient (Wildman–Crippen LogP) is 3.63. The van der Waals surface area contributed by atoms with Crippen LogP contribution in [0.2, 0.25) is 0 Å². The number of carbonyl (C=O) groups excluding carboxylic acids is 1. The molecule has 1 aliphatic carbocycles. The van der Waals surface area contributed by atoms with Crippen LogP contribution in [0.25, 0.3) is 0 Å². The van der Waals surface area contributed by atoms with Gasteiger partial charge in [0.25, 0.3) is 0 Å². The molecular weight excluding hydrogens is 234 g/mol. The highest BCUT2D eigenvalue weighted by atomic mass is 16.1. The van der Waals surface area contributed by atoms with Gasteiger partial charge in [-0.3, -0.25) is 4.79 Å². The summed E-state index contributed by atoms with van der Waals surface area (Å²) in [6, 6.07) is 10.8. The topological polar surface area (TPSA) is 20.3 Å². The first kappa shape index (κ1) is 12.5. The maximum absolute atomic E-state index is 11.4. The van der Waals surface area contributed by atoms with Gasteiger partial charge in [0, 0.05) is 19.2 Å². The van der Waals surface area contributed by atoms with Crippen molar-refractivity contribution < 1.29 is 4.79 Å². The van der Waals surface area contributed by atoms with Crippen LogP contribution in [0.1, 0.15) is 44.1 Å². The van der Waals surface area contributed by atoms with Crippen LogP contribution in [-0.4, -0.2) is 17.2 Å². The largest absolute Gasteiger partial charge is 0.367 e. The number of allylic oxidation sites excluding steroid dienone is 1. The zero-order valence-corrected chi connectivity index (χ0v) is 11.3. The summed E-state index contributed by atoms with van der Waals surface area (Å²) in [5.41, 5.74) is 1.53. The van der Waals surface area contributed by atoms with E-state index in [1.165, 1.54) is 37.7 Å².